The first-order chi connectivity index (χ1) is 12.9. The highest BCUT2D eigenvalue weighted by Gasteiger charge is 2.40. The smallest absolute Gasteiger partial charge is 0.337 e. The molecule has 1 aliphatic heterocycles. The number of carbonyl (C=O) groups excluding carboxylic acids is 3. The molecule has 0 amide bonds. The first-order valence-corrected chi connectivity index (χ1v) is 8.09. The van der Waals surface area contributed by atoms with Crippen LogP contribution in [0.5, 0.6) is 0 Å². The number of rotatable bonds is 11. The lowest BCUT2D eigenvalue weighted by Crippen LogP contribution is -2.43. The molecule has 0 saturated carbocycles. The average Bonchev–Trinajstić information content (AvgIpc) is 2.67. The van der Waals surface area contributed by atoms with Gasteiger partial charge in [-0.15, -0.1) is 6.58 Å². The molecule has 0 radical (unpaired) electrons. The van der Waals surface area contributed by atoms with Crippen molar-refractivity contribution in [2.75, 3.05) is 14.2 Å². The number of hydroxylamine groups is 1. The van der Waals surface area contributed by atoms with E-state index in [-0.39, 0.29) is 24.8 Å². The lowest BCUT2D eigenvalue weighted by molar-refractivity contribution is -0.195. The molecule has 0 fully saturated rings. The van der Waals surface area contributed by atoms with Gasteiger partial charge in [-0.25, -0.2) is 4.79 Å². The van der Waals surface area contributed by atoms with Crippen LogP contribution < -0.4 is 5.48 Å². The van der Waals surface area contributed by atoms with Crippen LogP contribution >= 0.6 is 0 Å². The Labute approximate surface area is 156 Å². The Morgan fingerprint density at radius 3 is 2.59 bits per heavy atom. The lowest BCUT2D eigenvalue weighted by Gasteiger charge is -2.35. The summed E-state index contributed by atoms with van der Waals surface area (Å²) < 4.78 is 14.7. The molecular formula is C17H23NO9. The van der Waals surface area contributed by atoms with Crippen molar-refractivity contribution in [3.8, 4) is 0 Å². The second kappa shape index (κ2) is 11.1. The molecular weight excluding hydrogens is 362 g/mol. The van der Waals surface area contributed by atoms with E-state index in [0.29, 0.717) is 6.29 Å². The molecule has 0 aromatic rings. The molecule has 10 nitrogen and oxygen atoms in total. The quantitative estimate of drug-likeness (QED) is 0.221. The van der Waals surface area contributed by atoms with Crippen molar-refractivity contribution in [3.63, 3.8) is 0 Å². The molecule has 150 valence electrons. The Kier molecular flexibility index (Phi) is 9.17. The standard InChI is InChI=1S/C17H23NO9/c1-4-11-12(7-15(22)24-2)13(16(23)25-3)9-26-17(11)27-18-10(8-19)5-6-14(20)21/h4,8-12,17-18H,1,5-7H2,2-3H3,(H,20,21)/t10-,11?,12?,17?/m0/s1. The fourth-order valence-corrected chi connectivity index (χ4v) is 2.51. The maximum Gasteiger partial charge on any atom is 0.337 e. The third-order valence-electron chi connectivity index (χ3n) is 3.98. The summed E-state index contributed by atoms with van der Waals surface area (Å²) in [6, 6.07) is -0.875. The number of carboxylic acid groups (broad SMARTS) is 1. The largest absolute Gasteiger partial charge is 0.481 e. The van der Waals surface area contributed by atoms with E-state index in [1.54, 1.807) is 0 Å². The molecule has 3 unspecified atom stereocenters. The van der Waals surface area contributed by atoms with Gasteiger partial charge in [-0.3, -0.25) is 14.4 Å². The maximum absolute atomic E-state index is 12.0. The molecule has 0 aromatic heterocycles. The highest BCUT2D eigenvalue weighted by Crippen LogP contribution is 2.35. The Hall–Kier alpha value is -2.72. The number of nitrogens with one attached hydrogen (secondary N) is 1. The average molecular weight is 385 g/mol. The predicted octanol–water partition coefficient (Wildman–Crippen LogP) is 0.335. The van der Waals surface area contributed by atoms with Gasteiger partial charge >= 0.3 is 17.9 Å². The maximum atomic E-state index is 12.0. The van der Waals surface area contributed by atoms with Crippen LogP contribution in [0.1, 0.15) is 19.3 Å². The monoisotopic (exact) mass is 385 g/mol. The van der Waals surface area contributed by atoms with Crippen molar-refractivity contribution in [2.24, 2.45) is 11.8 Å². The number of hydrogen-bond donors (Lipinski definition) is 2. The Morgan fingerprint density at radius 1 is 1.37 bits per heavy atom. The first kappa shape index (κ1) is 22.3. The van der Waals surface area contributed by atoms with E-state index in [9.17, 15) is 19.2 Å². The minimum absolute atomic E-state index is 0.0130. The summed E-state index contributed by atoms with van der Waals surface area (Å²) in [4.78, 5) is 50.7. The van der Waals surface area contributed by atoms with Crippen molar-refractivity contribution >= 4 is 24.2 Å². The molecule has 0 saturated heterocycles. The Morgan fingerprint density at radius 2 is 2.07 bits per heavy atom. The van der Waals surface area contributed by atoms with E-state index >= 15 is 0 Å². The molecule has 0 aromatic carbocycles. The van der Waals surface area contributed by atoms with Gasteiger partial charge in [-0.1, -0.05) is 6.08 Å². The number of esters is 2. The van der Waals surface area contributed by atoms with Crippen LogP contribution in [0.3, 0.4) is 0 Å². The molecule has 27 heavy (non-hydrogen) atoms. The molecule has 4 atom stereocenters. The number of aliphatic carboxylic acids is 1. The van der Waals surface area contributed by atoms with Gasteiger partial charge < -0.3 is 24.1 Å². The number of aldehydes is 1. The number of carbonyl (C=O) groups is 4. The van der Waals surface area contributed by atoms with Gasteiger partial charge in [0, 0.05) is 18.3 Å². The third kappa shape index (κ3) is 6.50. The minimum atomic E-state index is -1.05. The van der Waals surface area contributed by atoms with Crippen molar-refractivity contribution < 1.29 is 43.3 Å². The van der Waals surface area contributed by atoms with Crippen molar-refractivity contribution in [3.05, 3.63) is 24.5 Å². The van der Waals surface area contributed by atoms with Crippen LogP contribution in [0.2, 0.25) is 0 Å². The van der Waals surface area contributed by atoms with E-state index in [1.807, 2.05) is 0 Å². The highest BCUT2D eigenvalue weighted by molar-refractivity contribution is 5.90. The van der Waals surface area contributed by atoms with Crippen LogP contribution in [-0.4, -0.2) is 55.9 Å². The lowest BCUT2D eigenvalue weighted by atomic mass is 9.81. The second-order valence-corrected chi connectivity index (χ2v) is 5.68. The van der Waals surface area contributed by atoms with Crippen molar-refractivity contribution in [2.45, 2.75) is 31.6 Å². The van der Waals surface area contributed by atoms with Crippen LogP contribution in [0.4, 0.5) is 0 Å². The molecule has 0 spiro atoms. The first-order valence-electron chi connectivity index (χ1n) is 8.09. The number of ether oxygens (including phenoxy) is 3. The van der Waals surface area contributed by atoms with Gasteiger partial charge in [0.15, 0.2) is 0 Å². The van der Waals surface area contributed by atoms with E-state index < -0.39 is 42.1 Å². The highest BCUT2D eigenvalue weighted by atomic mass is 16.8. The predicted molar refractivity (Wildman–Crippen MR) is 89.7 cm³/mol. The van der Waals surface area contributed by atoms with E-state index in [1.165, 1.54) is 20.3 Å². The van der Waals surface area contributed by atoms with Crippen LogP contribution in [0, 0.1) is 11.8 Å². The normalized spacial score (nSPS) is 22.6. The molecule has 1 heterocycles. The van der Waals surface area contributed by atoms with Gasteiger partial charge in [0.2, 0.25) is 6.29 Å². The summed E-state index contributed by atoms with van der Waals surface area (Å²) in [6.07, 6.45) is 1.70. The van der Waals surface area contributed by atoms with E-state index in [0.717, 1.165) is 6.26 Å². The molecule has 0 bridgehead atoms. The van der Waals surface area contributed by atoms with Crippen molar-refractivity contribution in [1.29, 1.82) is 0 Å². The van der Waals surface area contributed by atoms with Crippen molar-refractivity contribution in [1.82, 2.24) is 5.48 Å². The van der Waals surface area contributed by atoms with Gasteiger partial charge in [-0.2, -0.15) is 5.48 Å². The summed E-state index contributed by atoms with van der Waals surface area (Å²) in [5, 5.41) is 8.68. The minimum Gasteiger partial charge on any atom is -0.481 e. The van der Waals surface area contributed by atoms with Crippen LogP contribution in [-0.2, 0) is 38.2 Å². The number of methoxy groups -OCH3 is 2. The summed E-state index contributed by atoms with van der Waals surface area (Å²) in [5.41, 5.74) is 2.56. The molecule has 1 rings (SSSR count). The van der Waals surface area contributed by atoms with Crippen LogP contribution in [0.15, 0.2) is 24.5 Å². The molecule has 10 heteroatoms. The van der Waals surface area contributed by atoms with E-state index in [2.05, 4.69) is 16.8 Å². The molecule has 1 aliphatic rings. The SMILES string of the molecule is C=CC1C(ON[C@H](C=O)CCC(=O)O)OC=C(C(=O)OC)C1CC(=O)OC. The zero-order valence-corrected chi connectivity index (χ0v) is 15.1. The third-order valence-corrected chi connectivity index (χ3v) is 3.98. The zero-order chi connectivity index (χ0) is 20.4. The summed E-state index contributed by atoms with van der Waals surface area (Å²) in [5.74, 6) is -3.61. The topological polar surface area (TPSA) is 137 Å². The number of carboxylic acids is 1. The van der Waals surface area contributed by atoms with Gasteiger partial charge in [0.05, 0.1) is 38.5 Å². The second-order valence-electron chi connectivity index (χ2n) is 5.68. The zero-order valence-electron chi connectivity index (χ0n) is 15.1. The summed E-state index contributed by atoms with van der Waals surface area (Å²) in [6.45, 7) is 3.68. The van der Waals surface area contributed by atoms with Gasteiger partial charge in [-0.05, 0) is 6.42 Å². The fraction of sp³-hybridized carbons (Fsp3) is 0.529. The van der Waals surface area contributed by atoms with Gasteiger partial charge in [0.25, 0.3) is 0 Å². The molecule has 0 aliphatic carbocycles. The summed E-state index contributed by atoms with van der Waals surface area (Å²) in [7, 11) is 2.42. The van der Waals surface area contributed by atoms with E-state index in [4.69, 9.17) is 19.4 Å². The molecule has 2 N–H and O–H groups in total. The Balaban J connectivity index is 2.91. The van der Waals surface area contributed by atoms with Gasteiger partial charge in [0.1, 0.15) is 6.29 Å². The summed E-state index contributed by atoms with van der Waals surface area (Å²) >= 11 is 0. The fourth-order valence-electron chi connectivity index (χ4n) is 2.51. The number of hydrogen-bond acceptors (Lipinski definition) is 9. The Bertz CT molecular complexity index is 601. The van der Waals surface area contributed by atoms with Crippen LogP contribution in [0.25, 0.3) is 0 Å².